The third-order valence-corrected chi connectivity index (χ3v) is 3.99. The van der Waals surface area contributed by atoms with Gasteiger partial charge in [-0.1, -0.05) is 6.92 Å². The summed E-state index contributed by atoms with van der Waals surface area (Å²) in [4.78, 5) is 27.7. The zero-order valence-corrected chi connectivity index (χ0v) is 13.4. The SMILES string of the molecule is CNC(=O)NC(=O)C(C)N1CCCN(CC(C)CN)CC1. The largest absolute Gasteiger partial charge is 0.341 e. The normalized spacial score (nSPS) is 20.4. The fourth-order valence-electron chi connectivity index (χ4n) is 2.52. The Kier molecular flexibility index (Phi) is 7.63. The molecule has 0 radical (unpaired) electrons. The number of hydrogen-bond donors (Lipinski definition) is 3. The Morgan fingerprint density at radius 3 is 2.52 bits per heavy atom. The average molecular weight is 299 g/mol. The monoisotopic (exact) mass is 299 g/mol. The van der Waals surface area contributed by atoms with Gasteiger partial charge in [0.25, 0.3) is 0 Å². The zero-order chi connectivity index (χ0) is 15.8. The van der Waals surface area contributed by atoms with Crippen LogP contribution in [0, 0.1) is 5.92 Å². The Hall–Kier alpha value is -1.18. The molecule has 1 fully saturated rings. The molecule has 7 heteroatoms. The standard InChI is InChI=1S/C14H29N5O2/c1-11(9-15)10-18-5-4-6-19(8-7-18)12(2)13(20)17-14(21)16-3/h11-12H,4-10,15H2,1-3H3,(H2,16,17,20,21). The highest BCUT2D eigenvalue weighted by molar-refractivity contribution is 5.96. The predicted octanol–water partition coefficient (Wildman–Crippen LogP) is -0.567. The summed E-state index contributed by atoms with van der Waals surface area (Å²) in [5, 5.41) is 4.73. The van der Waals surface area contributed by atoms with Gasteiger partial charge in [-0.05, 0) is 32.4 Å². The Morgan fingerprint density at radius 1 is 1.19 bits per heavy atom. The van der Waals surface area contributed by atoms with E-state index < -0.39 is 6.03 Å². The van der Waals surface area contributed by atoms with Crippen molar-refractivity contribution in [1.82, 2.24) is 20.4 Å². The smallest absolute Gasteiger partial charge is 0.321 e. The maximum atomic E-state index is 12.0. The Balaban J connectivity index is 2.46. The lowest BCUT2D eigenvalue weighted by Gasteiger charge is -2.27. The first-order valence-electron chi connectivity index (χ1n) is 7.67. The van der Waals surface area contributed by atoms with E-state index in [-0.39, 0.29) is 11.9 Å². The Bertz CT molecular complexity index is 350. The van der Waals surface area contributed by atoms with Crippen LogP contribution in [0.25, 0.3) is 0 Å². The van der Waals surface area contributed by atoms with Crippen LogP contribution in [0.1, 0.15) is 20.3 Å². The number of carbonyl (C=O) groups is 2. The van der Waals surface area contributed by atoms with E-state index in [4.69, 9.17) is 5.73 Å². The molecule has 122 valence electrons. The predicted molar refractivity (Wildman–Crippen MR) is 82.9 cm³/mol. The minimum absolute atomic E-state index is 0.252. The fourth-order valence-corrected chi connectivity index (χ4v) is 2.52. The number of urea groups is 1. The second-order valence-corrected chi connectivity index (χ2v) is 5.78. The van der Waals surface area contributed by atoms with Crippen LogP contribution in [0.3, 0.4) is 0 Å². The summed E-state index contributed by atoms with van der Waals surface area (Å²) in [6.07, 6.45) is 1.02. The van der Waals surface area contributed by atoms with E-state index >= 15 is 0 Å². The molecule has 0 saturated carbocycles. The molecule has 0 aromatic carbocycles. The molecule has 2 atom stereocenters. The lowest BCUT2D eigenvalue weighted by atomic mass is 10.1. The minimum atomic E-state index is -0.458. The molecule has 1 aliphatic heterocycles. The van der Waals surface area contributed by atoms with Crippen LogP contribution >= 0.6 is 0 Å². The lowest BCUT2D eigenvalue weighted by Crippen LogP contribution is -2.50. The molecule has 0 aliphatic carbocycles. The van der Waals surface area contributed by atoms with E-state index in [2.05, 4.69) is 27.4 Å². The molecular weight excluding hydrogens is 270 g/mol. The van der Waals surface area contributed by atoms with Gasteiger partial charge < -0.3 is 16.0 Å². The number of amides is 3. The summed E-state index contributed by atoms with van der Waals surface area (Å²) in [6.45, 7) is 9.37. The van der Waals surface area contributed by atoms with Crippen LogP contribution in [0.2, 0.25) is 0 Å². The van der Waals surface area contributed by atoms with Crippen LogP contribution in [0.5, 0.6) is 0 Å². The van der Waals surface area contributed by atoms with Crippen molar-refractivity contribution < 1.29 is 9.59 Å². The summed E-state index contributed by atoms with van der Waals surface area (Å²) >= 11 is 0. The highest BCUT2D eigenvalue weighted by Crippen LogP contribution is 2.09. The maximum Gasteiger partial charge on any atom is 0.321 e. The van der Waals surface area contributed by atoms with E-state index in [9.17, 15) is 9.59 Å². The van der Waals surface area contributed by atoms with Crippen molar-refractivity contribution in [3.8, 4) is 0 Å². The second-order valence-electron chi connectivity index (χ2n) is 5.78. The summed E-state index contributed by atoms with van der Waals surface area (Å²) in [6, 6.07) is -0.755. The Morgan fingerprint density at radius 2 is 1.90 bits per heavy atom. The maximum absolute atomic E-state index is 12.0. The van der Waals surface area contributed by atoms with E-state index in [0.29, 0.717) is 12.5 Å². The van der Waals surface area contributed by atoms with Crippen molar-refractivity contribution >= 4 is 11.9 Å². The van der Waals surface area contributed by atoms with Gasteiger partial charge in [0.2, 0.25) is 5.91 Å². The third kappa shape index (κ3) is 5.99. The number of nitrogens with one attached hydrogen (secondary N) is 2. The quantitative estimate of drug-likeness (QED) is 0.633. The molecule has 0 bridgehead atoms. The first kappa shape index (κ1) is 17.9. The molecule has 0 aromatic rings. The molecule has 2 unspecified atom stereocenters. The van der Waals surface area contributed by atoms with Crippen molar-refractivity contribution in [2.75, 3.05) is 46.3 Å². The van der Waals surface area contributed by atoms with Crippen molar-refractivity contribution in [3.05, 3.63) is 0 Å². The van der Waals surface area contributed by atoms with Crippen LogP contribution in [-0.4, -0.2) is 74.1 Å². The van der Waals surface area contributed by atoms with Crippen LogP contribution in [0.15, 0.2) is 0 Å². The highest BCUT2D eigenvalue weighted by atomic mass is 16.2. The van der Waals surface area contributed by atoms with Gasteiger partial charge in [-0.3, -0.25) is 15.0 Å². The van der Waals surface area contributed by atoms with Gasteiger partial charge in [0, 0.05) is 33.2 Å². The van der Waals surface area contributed by atoms with Crippen LogP contribution < -0.4 is 16.4 Å². The van der Waals surface area contributed by atoms with E-state index in [1.165, 1.54) is 7.05 Å². The Labute approximate surface area is 127 Å². The molecule has 7 nitrogen and oxygen atoms in total. The first-order valence-corrected chi connectivity index (χ1v) is 7.67. The fraction of sp³-hybridized carbons (Fsp3) is 0.857. The van der Waals surface area contributed by atoms with Gasteiger partial charge in [-0.2, -0.15) is 0 Å². The summed E-state index contributed by atoms with van der Waals surface area (Å²) < 4.78 is 0. The van der Waals surface area contributed by atoms with Gasteiger partial charge in [-0.15, -0.1) is 0 Å². The number of hydrogen-bond acceptors (Lipinski definition) is 5. The van der Waals surface area contributed by atoms with E-state index in [1.807, 2.05) is 6.92 Å². The van der Waals surface area contributed by atoms with Gasteiger partial charge in [0.1, 0.15) is 0 Å². The summed E-state index contributed by atoms with van der Waals surface area (Å²) in [7, 11) is 1.50. The molecule has 0 aromatic heterocycles. The molecule has 0 spiro atoms. The zero-order valence-electron chi connectivity index (χ0n) is 13.4. The van der Waals surface area contributed by atoms with Gasteiger partial charge in [-0.25, -0.2) is 4.79 Å². The van der Waals surface area contributed by atoms with Crippen LogP contribution in [-0.2, 0) is 4.79 Å². The number of nitrogens with two attached hydrogens (primary N) is 1. The molecule has 1 saturated heterocycles. The van der Waals surface area contributed by atoms with Gasteiger partial charge >= 0.3 is 6.03 Å². The summed E-state index contributed by atoms with van der Waals surface area (Å²) in [5.41, 5.74) is 5.68. The van der Waals surface area contributed by atoms with Crippen LogP contribution in [0.4, 0.5) is 4.79 Å². The molecule has 1 rings (SSSR count). The third-order valence-electron chi connectivity index (χ3n) is 3.99. The average Bonchev–Trinajstić information content (AvgIpc) is 2.71. The molecular formula is C14H29N5O2. The highest BCUT2D eigenvalue weighted by Gasteiger charge is 2.25. The van der Waals surface area contributed by atoms with Crippen molar-refractivity contribution in [3.63, 3.8) is 0 Å². The topological polar surface area (TPSA) is 90.7 Å². The van der Waals surface area contributed by atoms with Crippen molar-refractivity contribution in [2.45, 2.75) is 26.3 Å². The molecule has 4 N–H and O–H groups in total. The molecule has 1 aliphatic rings. The number of nitrogens with zero attached hydrogens (tertiary/aromatic N) is 2. The molecule has 21 heavy (non-hydrogen) atoms. The molecule has 1 heterocycles. The van der Waals surface area contributed by atoms with Gasteiger partial charge in [0.15, 0.2) is 0 Å². The van der Waals surface area contributed by atoms with Gasteiger partial charge in [0.05, 0.1) is 6.04 Å². The second kappa shape index (κ2) is 8.96. The number of carbonyl (C=O) groups excluding carboxylic acids is 2. The number of imide groups is 1. The number of rotatable bonds is 5. The lowest BCUT2D eigenvalue weighted by molar-refractivity contribution is -0.124. The van der Waals surface area contributed by atoms with E-state index in [0.717, 1.165) is 39.1 Å². The first-order chi connectivity index (χ1) is 9.97. The van der Waals surface area contributed by atoms with E-state index in [1.54, 1.807) is 0 Å². The molecule has 3 amide bonds. The van der Waals surface area contributed by atoms with Crippen molar-refractivity contribution in [1.29, 1.82) is 0 Å². The van der Waals surface area contributed by atoms with Crippen molar-refractivity contribution in [2.24, 2.45) is 11.7 Å². The summed E-state index contributed by atoms with van der Waals surface area (Å²) in [5.74, 6) is 0.239. The minimum Gasteiger partial charge on any atom is -0.341 e.